The molecule has 2 aromatic carbocycles. The van der Waals surface area contributed by atoms with Crippen LogP contribution in [-0.4, -0.2) is 46.1 Å². The maximum absolute atomic E-state index is 12.4. The van der Waals surface area contributed by atoms with Crippen LogP contribution in [-0.2, 0) is 9.59 Å². The molecule has 2 aliphatic rings. The summed E-state index contributed by atoms with van der Waals surface area (Å²) in [5.41, 5.74) is 2.91. The number of hydrogen-bond donors (Lipinski definition) is 2. The minimum absolute atomic E-state index is 0.0694. The lowest BCUT2D eigenvalue weighted by Crippen LogP contribution is -2.25. The van der Waals surface area contributed by atoms with Gasteiger partial charge in [-0.25, -0.2) is 0 Å². The fourth-order valence-corrected chi connectivity index (χ4v) is 4.60. The van der Waals surface area contributed by atoms with E-state index >= 15 is 0 Å². The van der Waals surface area contributed by atoms with Crippen LogP contribution in [0.1, 0.15) is 35.2 Å². The van der Waals surface area contributed by atoms with Crippen molar-refractivity contribution in [2.75, 3.05) is 23.7 Å². The lowest BCUT2D eigenvalue weighted by molar-refractivity contribution is -0.121. The third-order valence-electron chi connectivity index (χ3n) is 5.22. The minimum atomic E-state index is -0.477. The summed E-state index contributed by atoms with van der Waals surface area (Å²) in [5.74, 6) is -0.716. The van der Waals surface area contributed by atoms with Crippen LogP contribution in [0, 0.1) is 6.92 Å². The number of anilines is 2. The van der Waals surface area contributed by atoms with Crippen molar-refractivity contribution in [2.24, 2.45) is 4.99 Å². The number of carbonyl (C=O) groups is 3. The average Bonchev–Trinajstić information content (AvgIpc) is 3.40. The van der Waals surface area contributed by atoms with Gasteiger partial charge in [-0.15, -0.1) is 0 Å². The zero-order chi connectivity index (χ0) is 21.8. The highest BCUT2D eigenvalue weighted by Crippen LogP contribution is 2.29. The Morgan fingerprint density at radius 1 is 1.00 bits per heavy atom. The number of nitrogens with zero attached hydrogens (tertiary/aromatic N) is 2. The molecule has 0 unspecified atom stereocenters. The number of carbonyl (C=O) groups excluding carboxylic acids is 3. The number of hydrogen-bond acceptors (Lipinski definition) is 5. The Kier molecular flexibility index (Phi) is 6.36. The standard InChI is InChI=1S/C23H24N4O3S/c1-15-4-8-18(9-5-15)25-21(29)16-6-10-17(11-7-16)24-20(28)14-19-22(30)26-23(31-19)27-12-2-3-13-27/h4-11,19H,2-3,12-14H2,1H3,(H,24,28)(H,25,29)/t19-/m1/s1. The largest absolute Gasteiger partial charge is 0.351 e. The lowest BCUT2D eigenvalue weighted by atomic mass is 10.1. The number of rotatable bonds is 5. The van der Waals surface area contributed by atoms with E-state index in [4.69, 9.17) is 0 Å². The van der Waals surface area contributed by atoms with Crippen molar-refractivity contribution in [3.63, 3.8) is 0 Å². The zero-order valence-corrected chi connectivity index (χ0v) is 18.1. The number of thioether (sulfide) groups is 1. The molecular formula is C23H24N4O3S. The summed E-state index contributed by atoms with van der Waals surface area (Å²) in [5, 5.41) is 5.90. The van der Waals surface area contributed by atoms with Crippen molar-refractivity contribution >= 4 is 46.0 Å². The molecular weight excluding hydrogens is 412 g/mol. The number of likely N-dealkylation sites (tertiary alicyclic amines) is 1. The van der Waals surface area contributed by atoms with Crippen LogP contribution in [0.25, 0.3) is 0 Å². The van der Waals surface area contributed by atoms with Gasteiger partial charge in [-0.05, 0) is 56.2 Å². The number of amidine groups is 1. The molecule has 1 atom stereocenters. The van der Waals surface area contributed by atoms with E-state index in [0.717, 1.165) is 42.3 Å². The van der Waals surface area contributed by atoms with Gasteiger partial charge in [0.1, 0.15) is 5.25 Å². The summed E-state index contributed by atoms with van der Waals surface area (Å²) >= 11 is 1.38. The van der Waals surface area contributed by atoms with Gasteiger partial charge in [-0.2, -0.15) is 4.99 Å². The fourth-order valence-electron chi connectivity index (χ4n) is 3.48. The van der Waals surface area contributed by atoms with Crippen molar-refractivity contribution in [1.29, 1.82) is 0 Å². The summed E-state index contributed by atoms with van der Waals surface area (Å²) in [6, 6.07) is 14.2. The van der Waals surface area contributed by atoms with Gasteiger partial charge in [-0.3, -0.25) is 14.4 Å². The van der Waals surface area contributed by atoms with E-state index in [2.05, 4.69) is 20.5 Å². The summed E-state index contributed by atoms with van der Waals surface area (Å²) in [4.78, 5) is 43.2. The van der Waals surface area contributed by atoms with Gasteiger partial charge in [-0.1, -0.05) is 29.5 Å². The van der Waals surface area contributed by atoms with E-state index in [-0.39, 0.29) is 24.1 Å². The molecule has 1 fully saturated rings. The summed E-state index contributed by atoms with van der Waals surface area (Å²) < 4.78 is 0. The van der Waals surface area contributed by atoms with Crippen molar-refractivity contribution in [1.82, 2.24) is 4.90 Å². The van der Waals surface area contributed by atoms with Crippen LogP contribution >= 0.6 is 11.8 Å². The topological polar surface area (TPSA) is 90.9 Å². The zero-order valence-electron chi connectivity index (χ0n) is 17.3. The molecule has 31 heavy (non-hydrogen) atoms. The van der Waals surface area contributed by atoms with Crippen LogP contribution in [0.3, 0.4) is 0 Å². The van der Waals surface area contributed by atoms with Crippen molar-refractivity contribution in [3.05, 3.63) is 59.7 Å². The Morgan fingerprint density at radius 3 is 2.29 bits per heavy atom. The first-order valence-corrected chi connectivity index (χ1v) is 11.2. The summed E-state index contributed by atoms with van der Waals surface area (Å²) in [6.07, 6.45) is 2.29. The van der Waals surface area contributed by atoms with E-state index < -0.39 is 5.25 Å². The lowest BCUT2D eigenvalue weighted by Gasteiger charge is -2.16. The Balaban J connectivity index is 1.28. The molecule has 2 N–H and O–H groups in total. The maximum Gasteiger partial charge on any atom is 0.262 e. The Morgan fingerprint density at radius 2 is 1.61 bits per heavy atom. The highest BCUT2D eigenvalue weighted by Gasteiger charge is 2.33. The van der Waals surface area contributed by atoms with Crippen LogP contribution in [0.4, 0.5) is 11.4 Å². The average molecular weight is 437 g/mol. The van der Waals surface area contributed by atoms with Gasteiger partial charge in [0.25, 0.3) is 11.8 Å². The first kappa shape index (κ1) is 21.1. The smallest absolute Gasteiger partial charge is 0.262 e. The minimum Gasteiger partial charge on any atom is -0.351 e. The van der Waals surface area contributed by atoms with E-state index in [1.165, 1.54) is 11.8 Å². The molecule has 4 rings (SSSR count). The molecule has 3 amide bonds. The molecule has 8 heteroatoms. The highest BCUT2D eigenvalue weighted by atomic mass is 32.2. The number of amides is 3. The van der Waals surface area contributed by atoms with E-state index in [1.807, 2.05) is 31.2 Å². The number of nitrogens with one attached hydrogen (secondary N) is 2. The van der Waals surface area contributed by atoms with Crippen LogP contribution in [0.2, 0.25) is 0 Å². The molecule has 7 nitrogen and oxygen atoms in total. The Hall–Kier alpha value is -3.13. The van der Waals surface area contributed by atoms with Crippen molar-refractivity contribution < 1.29 is 14.4 Å². The van der Waals surface area contributed by atoms with Crippen molar-refractivity contribution in [2.45, 2.75) is 31.4 Å². The molecule has 160 valence electrons. The third kappa shape index (κ3) is 5.32. The second kappa shape index (κ2) is 9.34. The van der Waals surface area contributed by atoms with Gasteiger partial charge in [0.05, 0.1) is 0 Å². The summed E-state index contributed by atoms with van der Waals surface area (Å²) in [6.45, 7) is 3.82. The highest BCUT2D eigenvalue weighted by molar-refractivity contribution is 8.15. The van der Waals surface area contributed by atoms with Crippen LogP contribution < -0.4 is 10.6 Å². The molecule has 0 saturated carbocycles. The predicted octanol–water partition coefficient (Wildman–Crippen LogP) is 3.67. The van der Waals surface area contributed by atoms with Gasteiger partial charge < -0.3 is 15.5 Å². The quantitative estimate of drug-likeness (QED) is 0.746. The molecule has 0 bridgehead atoms. The fraction of sp³-hybridized carbons (Fsp3) is 0.304. The van der Waals surface area contributed by atoms with E-state index in [9.17, 15) is 14.4 Å². The molecule has 0 radical (unpaired) electrons. The number of aryl methyl sites for hydroxylation is 1. The van der Waals surface area contributed by atoms with E-state index in [1.54, 1.807) is 24.3 Å². The predicted molar refractivity (Wildman–Crippen MR) is 123 cm³/mol. The Labute approximate surface area is 185 Å². The van der Waals surface area contributed by atoms with Gasteiger partial charge in [0.2, 0.25) is 5.91 Å². The van der Waals surface area contributed by atoms with Gasteiger partial charge >= 0.3 is 0 Å². The molecule has 0 spiro atoms. The van der Waals surface area contributed by atoms with Crippen molar-refractivity contribution in [3.8, 4) is 0 Å². The second-order valence-electron chi connectivity index (χ2n) is 7.68. The third-order valence-corrected chi connectivity index (χ3v) is 6.43. The van der Waals surface area contributed by atoms with Crippen LogP contribution in [0.15, 0.2) is 53.5 Å². The maximum atomic E-state index is 12.4. The number of benzene rings is 2. The Bertz CT molecular complexity index is 1010. The molecule has 0 aliphatic carbocycles. The van der Waals surface area contributed by atoms with Crippen LogP contribution in [0.5, 0.6) is 0 Å². The molecule has 2 heterocycles. The second-order valence-corrected chi connectivity index (χ2v) is 8.85. The summed E-state index contributed by atoms with van der Waals surface area (Å²) in [7, 11) is 0. The molecule has 0 aromatic heterocycles. The number of aliphatic imine (C=N–C) groups is 1. The van der Waals surface area contributed by atoms with Gasteiger partial charge in [0, 0.05) is 36.4 Å². The SMILES string of the molecule is Cc1ccc(NC(=O)c2ccc(NC(=O)C[C@H]3SC(N4CCCC4)=NC3=O)cc2)cc1. The first-order valence-electron chi connectivity index (χ1n) is 10.3. The van der Waals surface area contributed by atoms with E-state index in [0.29, 0.717) is 11.3 Å². The first-order chi connectivity index (χ1) is 15.0. The molecule has 2 aromatic rings. The molecule has 1 saturated heterocycles. The molecule has 2 aliphatic heterocycles. The van der Waals surface area contributed by atoms with Gasteiger partial charge in [0.15, 0.2) is 5.17 Å². The monoisotopic (exact) mass is 436 g/mol. The normalized spacial score (nSPS) is 18.1.